The number of Topliss-reactive ketones (excluding diaryl/α,β-unsaturated/α-hetero) is 1. The van der Waals surface area contributed by atoms with Gasteiger partial charge >= 0.3 is 6.61 Å². The van der Waals surface area contributed by atoms with E-state index >= 15 is 0 Å². The number of rotatable bonds is 9. The zero-order valence-corrected chi connectivity index (χ0v) is 18.4. The predicted molar refractivity (Wildman–Crippen MR) is 113 cm³/mol. The van der Waals surface area contributed by atoms with Gasteiger partial charge in [-0.15, -0.1) is 0 Å². The number of hydrogen-bond acceptors (Lipinski definition) is 6. The van der Waals surface area contributed by atoms with E-state index in [1.807, 2.05) is 13.8 Å². The smallest absolute Gasteiger partial charge is 0.387 e. The standard InChI is InChI=1S/C23H25F2N3O4/c1-23(2,31-4)19-10-20-26-11-15(28(20)12-27-19)14-8-17(30-3)21(16(29)7-13-5-6-13)18(9-14)32-22(24)25/h8-13,22H,5-7H2,1-4H3. The summed E-state index contributed by atoms with van der Waals surface area (Å²) in [4.78, 5) is 21.7. The first-order valence-corrected chi connectivity index (χ1v) is 10.3. The van der Waals surface area contributed by atoms with E-state index in [9.17, 15) is 13.6 Å². The van der Waals surface area contributed by atoms with Gasteiger partial charge in [0.25, 0.3) is 0 Å². The Bertz CT molecular complexity index is 1160. The fourth-order valence-corrected chi connectivity index (χ4v) is 3.58. The van der Waals surface area contributed by atoms with Crippen LogP contribution in [0.5, 0.6) is 11.5 Å². The van der Waals surface area contributed by atoms with E-state index in [0.717, 1.165) is 12.8 Å². The number of methoxy groups -OCH3 is 2. The van der Waals surface area contributed by atoms with Gasteiger partial charge in [-0.05, 0) is 44.7 Å². The average molecular weight is 445 g/mol. The lowest BCUT2D eigenvalue weighted by Gasteiger charge is -2.22. The van der Waals surface area contributed by atoms with Crippen LogP contribution >= 0.6 is 0 Å². The summed E-state index contributed by atoms with van der Waals surface area (Å²) in [6.07, 6.45) is 5.42. The minimum atomic E-state index is -3.08. The molecule has 3 aromatic rings. The Labute approximate surface area is 184 Å². The maximum Gasteiger partial charge on any atom is 0.387 e. The van der Waals surface area contributed by atoms with E-state index < -0.39 is 12.2 Å². The number of ketones is 1. The van der Waals surface area contributed by atoms with Crippen molar-refractivity contribution in [2.24, 2.45) is 5.92 Å². The summed E-state index contributed by atoms with van der Waals surface area (Å²) in [5, 5.41) is 0. The summed E-state index contributed by atoms with van der Waals surface area (Å²) in [7, 11) is 3.00. The first kappa shape index (κ1) is 22.1. The molecule has 170 valence electrons. The zero-order chi connectivity index (χ0) is 23.0. The first-order valence-electron chi connectivity index (χ1n) is 10.3. The van der Waals surface area contributed by atoms with Crippen LogP contribution in [-0.2, 0) is 10.3 Å². The summed E-state index contributed by atoms with van der Waals surface area (Å²) in [5.41, 5.74) is 1.85. The number of hydrogen-bond donors (Lipinski definition) is 0. The van der Waals surface area contributed by atoms with Gasteiger partial charge in [0, 0.05) is 25.2 Å². The molecule has 0 aliphatic heterocycles. The Morgan fingerprint density at radius 2 is 1.91 bits per heavy atom. The summed E-state index contributed by atoms with van der Waals surface area (Å²) >= 11 is 0. The van der Waals surface area contributed by atoms with Crippen LogP contribution in [0, 0.1) is 5.92 Å². The molecule has 1 saturated carbocycles. The third kappa shape index (κ3) is 4.29. The minimum absolute atomic E-state index is 0.0412. The van der Waals surface area contributed by atoms with Gasteiger partial charge in [-0.25, -0.2) is 9.97 Å². The number of aromatic nitrogens is 3. The van der Waals surface area contributed by atoms with Crippen LogP contribution < -0.4 is 9.47 Å². The molecule has 0 spiro atoms. The van der Waals surface area contributed by atoms with Crippen molar-refractivity contribution in [1.82, 2.24) is 14.4 Å². The summed E-state index contributed by atoms with van der Waals surface area (Å²) < 4.78 is 43.7. The molecule has 1 fully saturated rings. The van der Waals surface area contributed by atoms with Crippen LogP contribution in [0.4, 0.5) is 8.78 Å². The van der Waals surface area contributed by atoms with Crippen molar-refractivity contribution < 1.29 is 27.8 Å². The molecule has 7 nitrogen and oxygen atoms in total. The monoisotopic (exact) mass is 445 g/mol. The molecule has 0 atom stereocenters. The van der Waals surface area contributed by atoms with Crippen molar-refractivity contribution in [3.05, 3.63) is 42.0 Å². The van der Waals surface area contributed by atoms with E-state index in [4.69, 9.17) is 14.2 Å². The minimum Gasteiger partial charge on any atom is -0.496 e. The van der Waals surface area contributed by atoms with Crippen molar-refractivity contribution in [3.63, 3.8) is 0 Å². The van der Waals surface area contributed by atoms with E-state index in [1.165, 1.54) is 13.2 Å². The van der Waals surface area contributed by atoms with Gasteiger partial charge in [0.05, 0.1) is 24.7 Å². The topological polar surface area (TPSA) is 75.0 Å². The number of nitrogens with zero attached hydrogens (tertiary/aromatic N) is 3. The SMILES string of the molecule is COc1cc(-c2cnc3cc(C(C)(C)OC)ncn23)cc(OC(F)F)c1C(=O)CC1CC1. The van der Waals surface area contributed by atoms with E-state index in [1.54, 1.807) is 36.2 Å². The van der Waals surface area contributed by atoms with Crippen LogP contribution in [0.15, 0.2) is 30.7 Å². The molecule has 1 aromatic carbocycles. The lowest BCUT2D eigenvalue weighted by molar-refractivity contribution is -0.0502. The molecular weight excluding hydrogens is 420 g/mol. The maximum absolute atomic E-state index is 13.2. The normalized spacial score (nSPS) is 14.2. The summed E-state index contributed by atoms with van der Waals surface area (Å²) in [6, 6.07) is 4.86. The second-order valence-corrected chi connectivity index (χ2v) is 8.36. The highest BCUT2D eigenvalue weighted by Gasteiger charge is 2.30. The van der Waals surface area contributed by atoms with Crippen LogP contribution in [0.1, 0.15) is 49.2 Å². The number of carbonyl (C=O) groups is 1. The van der Waals surface area contributed by atoms with Crippen LogP contribution in [0.2, 0.25) is 0 Å². The highest BCUT2D eigenvalue weighted by Crippen LogP contribution is 2.40. The Balaban J connectivity index is 1.81. The van der Waals surface area contributed by atoms with Crippen molar-refractivity contribution in [2.45, 2.75) is 45.3 Å². The Morgan fingerprint density at radius 3 is 2.53 bits per heavy atom. The van der Waals surface area contributed by atoms with Gasteiger partial charge in [0.2, 0.25) is 0 Å². The number of fused-ring (bicyclic) bond motifs is 1. The molecule has 0 unspecified atom stereocenters. The zero-order valence-electron chi connectivity index (χ0n) is 18.4. The number of carbonyl (C=O) groups excluding carboxylic acids is 1. The number of ether oxygens (including phenoxy) is 3. The summed E-state index contributed by atoms with van der Waals surface area (Å²) in [6.45, 7) is 0.711. The van der Waals surface area contributed by atoms with Gasteiger partial charge in [-0.1, -0.05) is 0 Å². The van der Waals surface area contributed by atoms with Crippen molar-refractivity contribution in [2.75, 3.05) is 14.2 Å². The number of alkyl halides is 2. The molecule has 1 aliphatic carbocycles. The molecular formula is C23H25F2N3O4. The average Bonchev–Trinajstić information content (AvgIpc) is 3.47. The first-order chi connectivity index (χ1) is 15.2. The molecule has 1 aliphatic rings. The molecule has 2 heterocycles. The van der Waals surface area contributed by atoms with Crippen LogP contribution in [0.3, 0.4) is 0 Å². The third-order valence-corrected chi connectivity index (χ3v) is 5.78. The largest absolute Gasteiger partial charge is 0.496 e. The van der Waals surface area contributed by atoms with Gasteiger partial charge < -0.3 is 14.2 Å². The molecule has 0 N–H and O–H groups in total. The molecule has 0 radical (unpaired) electrons. The van der Waals surface area contributed by atoms with Crippen molar-refractivity contribution in [3.8, 4) is 22.8 Å². The number of imidazole rings is 1. The van der Waals surface area contributed by atoms with E-state index in [2.05, 4.69) is 9.97 Å². The van der Waals surface area contributed by atoms with E-state index in [-0.39, 0.29) is 29.3 Å². The Kier molecular flexibility index (Phi) is 5.85. The second-order valence-electron chi connectivity index (χ2n) is 8.36. The van der Waals surface area contributed by atoms with Crippen LogP contribution in [-0.4, -0.2) is 41.0 Å². The van der Waals surface area contributed by atoms with E-state index in [0.29, 0.717) is 28.5 Å². The molecule has 4 rings (SSSR count). The van der Waals surface area contributed by atoms with Gasteiger partial charge in [0.15, 0.2) is 5.78 Å². The van der Waals surface area contributed by atoms with Gasteiger partial charge in [0.1, 0.15) is 34.6 Å². The van der Waals surface area contributed by atoms with Crippen molar-refractivity contribution in [1.29, 1.82) is 0 Å². The number of halogens is 2. The highest BCUT2D eigenvalue weighted by molar-refractivity contribution is 6.02. The molecule has 9 heteroatoms. The highest BCUT2D eigenvalue weighted by atomic mass is 19.3. The lowest BCUT2D eigenvalue weighted by Crippen LogP contribution is -2.21. The Morgan fingerprint density at radius 1 is 1.19 bits per heavy atom. The second kappa shape index (κ2) is 8.46. The van der Waals surface area contributed by atoms with Gasteiger partial charge in [-0.2, -0.15) is 8.78 Å². The molecule has 0 bridgehead atoms. The summed E-state index contributed by atoms with van der Waals surface area (Å²) in [5.74, 6) is 0.00312. The molecule has 0 amide bonds. The molecule has 2 aromatic heterocycles. The molecule has 0 saturated heterocycles. The van der Waals surface area contributed by atoms with Crippen LogP contribution in [0.25, 0.3) is 16.9 Å². The Hall–Kier alpha value is -3.07. The van der Waals surface area contributed by atoms with Gasteiger partial charge in [-0.3, -0.25) is 9.20 Å². The lowest BCUT2D eigenvalue weighted by atomic mass is 10.00. The fraction of sp³-hybridized carbons (Fsp3) is 0.435. The predicted octanol–water partition coefficient (Wildman–Crippen LogP) is 4.87. The third-order valence-electron chi connectivity index (χ3n) is 5.78. The molecule has 32 heavy (non-hydrogen) atoms. The number of benzene rings is 1. The quantitative estimate of drug-likeness (QED) is 0.438. The maximum atomic E-state index is 13.2. The fourth-order valence-electron chi connectivity index (χ4n) is 3.58. The van der Waals surface area contributed by atoms with Crippen molar-refractivity contribution >= 4 is 11.4 Å².